The van der Waals surface area contributed by atoms with Gasteiger partial charge in [-0.05, 0) is 36.2 Å². The molecule has 0 aliphatic carbocycles. The minimum atomic E-state index is 0.296. The molecule has 0 unspecified atom stereocenters. The van der Waals surface area contributed by atoms with Crippen LogP contribution in [0.25, 0.3) is 16.8 Å². The molecule has 0 radical (unpaired) electrons. The maximum Gasteiger partial charge on any atom is 0.240 e. The summed E-state index contributed by atoms with van der Waals surface area (Å²) >= 11 is 0. The van der Waals surface area contributed by atoms with Crippen molar-refractivity contribution in [2.24, 2.45) is 0 Å². The fourth-order valence-corrected chi connectivity index (χ4v) is 2.28. The summed E-state index contributed by atoms with van der Waals surface area (Å²) in [7, 11) is 4.06. The number of hydrogen-bond acceptors (Lipinski definition) is 4. The molecule has 0 aliphatic heterocycles. The molecule has 3 aromatic rings. The highest BCUT2D eigenvalue weighted by Crippen LogP contribution is 2.26. The fourth-order valence-electron chi connectivity index (χ4n) is 2.28. The topological polar surface area (TPSA) is 59.4 Å². The van der Waals surface area contributed by atoms with E-state index >= 15 is 0 Å². The zero-order valence-corrected chi connectivity index (χ0v) is 11.8. The molecule has 5 heteroatoms. The molecule has 2 aromatic heterocycles. The second-order valence-electron chi connectivity index (χ2n) is 5.08. The van der Waals surface area contributed by atoms with Crippen molar-refractivity contribution in [1.29, 1.82) is 0 Å². The first-order valence-electron chi connectivity index (χ1n) is 6.45. The van der Waals surface area contributed by atoms with Crippen molar-refractivity contribution in [2.75, 3.05) is 24.7 Å². The number of aromatic nitrogens is 3. The Balaban J connectivity index is 2.10. The highest BCUT2D eigenvalue weighted by molar-refractivity contribution is 5.70. The third kappa shape index (κ3) is 2.07. The molecule has 0 saturated heterocycles. The largest absolute Gasteiger partial charge is 0.378 e. The van der Waals surface area contributed by atoms with E-state index in [2.05, 4.69) is 46.2 Å². The highest BCUT2D eigenvalue weighted by atomic mass is 15.3. The van der Waals surface area contributed by atoms with Gasteiger partial charge in [-0.1, -0.05) is 12.1 Å². The monoisotopic (exact) mass is 267 g/mol. The van der Waals surface area contributed by atoms with E-state index in [1.54, 1.807) is 4.52 Å². The Hall–Kier alpha value is -2.56. The summed E-state index contributed by atoms with van der Waals surface area (Å²) in [6, 6.07) is 10.4. The van der Waals surface area contributed by atoms with E-state index in [1.165, 1.54) is 5.69 Å². The number of fused-ring (bicyclic) bond motifs is 1. The quantitative estimate of drug-likeness (QED) is 0.774. The number of nitrogen functional groups attached to an aromatic ring is 1. The lowest BCUT2D eigenvalue weighted by Crippen LogP contribution is -2.07. The predicted octanol–water partition coefficient (Wildman–Crippen LogP) is 2.35. The first-order chi connectivity index (χ1) is 9.54. The molecule has 0 aliphatic rings. The molecular formula is C15H17N5. The van der Waals surface area contributed by atoms with Crippen LogP contribution in [-0.4, -0.2) is 28.7 Å². The van der Waals surface area contributed by atoms with Gasteiger partial charge in [0.25, 0.3) is 0 Å². The van der Waals surface area contributed by atoms with Gasteiger partial charge in [-0.3, -0.25) is 0 Å². The number of hydrogen-bond donors (Lipinski definition) is 1. The van der Waals surface area contributed by atoms with Gasteiger partial charge in [0.15, 0.2) is 5.65 Å². The predicted molar refractivity (Wildman–Crippen MR) is 81.9 cm³/mol. The smallest absolute Gasteiger partial charge is 0.240 e. The van der Waals surface area contributed by atoms with E-state index < -0.39 is 0 Å². The van der Waals surface area contributed by atoms with E-state index in [1.807, 2.05) is 26.4 Å². The van der Waals surface area contributed by atoms with Crippen LogP contribution in [0.5, 0.6) is 0 Å². The lowest BCUT2D eigenvalue weighted by atomic mass is 10.0. The van der Waals surface area contributed by atoms with E-state index in [0.29, 0.717) is 5.95 Å². The summed E-state index contributed by atoms with van der Waals surface area (Å²) in [6.07, 6.45) is 1.97. The molecule has 0 spiro atoms. The van der Waals surface area contributed by atoms with Gasteiger partial charge in [0.1, 0.15) is 0 Å². The molecule has 0 fully saturated rings. The number of anilines is 2. The molecule has 2 heterocycles. The van der Waals surface area contributed by atoms with Gasteiger partial charge in [0.05, 0.1) is 0 Å². The van der Waals surface area contributed by atoms with Gasteiger partial charge in [-0.2, -0.15) is 4.98 Å². The number of benzene rings is 1. The summed E-state index contributed by atoms with van der Waals surface area (Å²) in [4.78, 5) is 6.25. The van der Waals surface area contributed by atoms with Gasteiger partial charge in [0.2, 0.25) is 5.95 Å². The highest BCUT2D eigenvalue weighted by Gasteiger charge is 2.07. The number of nitrogens with zero attached hydrogens (tertiary/aromatic N) is 4. The number of aryl methyl sites for hydroxylation is 1. The lowest BCUT2D eigenvalue weighted by Gasteiger charge is -2.13. The molecule has 0 bridgehead atoms. The molecule has 2 N–H and O–H groups in total. The fraction of sp³-hybridized carbons (Fsp3) is 0.200. The summed E-state index contributed by atoms with van der Waals surface area (Å²) in [6.45, 7) is 2.07. The van der Waals surface area contributed by atoms with Gasteiger partial charge in [0, 0.05) is 31.5 Å². The lowest BCUT2D eigenvalue weighted by molar-refractivity contribution is 0.966. The van der Waals surface area contributed by atoms with E-state index in [0.717, 1.165) is 22.3 Å². The Bertz CT molecular complexity index is 756. The summed E-state index contributed by atoms with van der Waals surface area (Å²) in [5.74, 6) is 0.296. The van der Waals surface area contributed by atoms with Crippen LogP contribution in [0.15, 0.2) is 36.5 Å². The van der Waals surface area contributed by atoms with Crippen molar-refractivity contribution >= 4 is 17.3 Å². The van der Waals surface area contributed by atoms with Crippen LogP contribution in [0, 0.1) is 6.92 Å². The third-order valence-electron chi connectivity index (χ3n) is 3.39. The van der Waals surface area contributed by atoms with Gasteiger partial charge < -0.3 is 10.6 Å². The standard InChI is InChI=1S/C15H17N5/c1-10-8-14-17-15(16)18-20(14)9-13(10)11-4-6-12(7-5-11)19(2)3/h4-9H,1-3H3,(H2,16,18). The van der Waals surface area contributed by atoms with Crippen LogP contribution in [0.4, 0.5) is 11.6 Å². The number of rotatable bonds is 2. The van der Waals surface area contributed by atoms with Crippen LogP contribution < -0.4 is 10.6 Å². The van der Waals surface area contributed by atoms with Crippen molar-refractivity contribution in [3.8, 4) is 11.1 Å². The first kappa shape index (κ1) is 12.5. The summed E-state index contributed by atoms with van der Waals surface area (Å²) in [5.41, 5.74) is 11.0. The van der Waals surface area contributed by atoms with Gasteiger partial charge in [-0.25, -0.2) is 4.52 Å². The Labute approximate surface area is 117 Å². The second-order valence-corrected chi connectivity index (χ2v) is 5.08. The van der Waals surface area contributed by atoms with Crippen LogP contribution in [0.1, 0.15) is 5.56 Å². The Morgan fingerprint density at radius 3 is 2.50 bits per heavy atom. The van der Waals surface area contributed by atoms with E-state index in [4.69, 9.17) is 5.73 Å². The first-order valence-corrected chi connectivity index (χ1v) is 6.45. The molecule has 20 heavy (non-hydrogen) atoms. The molecule has 102 valence electrons. The van der Waals surface area contributed by atoms with Crippen LogP contribution in [-0.2, 0) is 0 Å². The van der Waals surface area contributed by atoms with E-state index in [-0.39, 0.29) is 0 Å². The van der Waals surface area contributed by atoms with Gasteiger partial charge in [-0.15, -0.1) is 5.10 Å². The second kappa shape index (κ2) is 4.52. The normalized spacial score (nSPS) is 10.9. The Kier molecular flexibility index (Phi) is 2.82. The minimum absolute atomic E-state index is 0.296. The summed E-state index contributed by atoms with van der Waals surface area (Å²) in [5, 5.41) is 4.16. The zero-order chi connectivity index (χ0) is 14.3. The third-order valence-corrected chi connectivity index (χ3v) is 3.39. The molecular weight excluding hydrogens is 250 g/mol. The maximum atomic E-state index is 5.63. The van der Waals surface area contributed by atoms with Crippen molar-refractivity contribution in [3.63, 3.8) is 0 Å². The SMILES string of the molecule is Cc1cc2nc(N)nn2cc1-c1ccc(N(C)C)cc1. The van der Waals surface area contributed by atoms with Crippen molar-refractivity contribution in [2.45, 2.75) is 6.92 Å². The molecule has 5 nitrogen and oxygen atoms in total. The maximum absolute atomic E-state index is 5.63. The minimum Gasteiger partial charge on any atom is -0.378 e. The molecule has 0 saturated carbocycles. The summed E-state index contributed by atoms with van der Waals surface area (Å²) < 4.78 is 1.72. The number of pyridine rings is 1. The van der Waals surface area contributed by atoms with Crippen molar-refractivity contribution in [1.82, 2.24) is 14.6 Å². The Morgan fingerprint density at radius 1 is 1.15 bits per heavy atom. The molecule has 3 rings (SSSR count). The average molecular weight is 267 g/mol. The zero-order valence-electron chi connectivity index (χ0n) is 11.8. The molecule has 0 amide bonds. The van der Waals surface area contributed by atoms with Crippen LogP contribution >= 0.6 is 0 Å². The van der Waals surface area contributed by atoms with Crippen molar-refractivity contribution in [3.05, 3.63) is 42.1 Å². The van der Waals surface area contributed by atoms with Gasteiger partial charge >= 0.3 is 0 Å². The average Bonchev–Trinajstić information content (AvgIpc) is 2.77. The molecule has 0 atom stereocenters. The van der Waals surface area contributed by atoms with Crippen LogP contribution in [0.3, 0.4) is 0 Å². The van der Waals surface area contributed by atoms with Crippen LogP contribution in [0.2, 0.25) is 0 Å². The molecule has 1 aromatic carbocycles. The van der Waals surface area contributed by atoms with Crippen molar-refractivity contribution < 1.29 is 0 Å². The Morgan fingerprint density at radius 2 is 1.85 bits per heavy atom. The number of nitrogens with two attached hydrogens (primary N) is 1. The van der Waals surface area contributed by atoms with E-state index in [9.17, 15) is 0 Å².